The monoisotopic (exact) mass is 247 g/mol. The van der Waals surface area contributed by atoms with Gasteiger partial charge in [0, 0.05) is 0 Å². The van der Waals surface area contributed by atoms with Gasteiger partial charge in [0.2, 0.25) is 0 Å². The van der Waals surface area contributed by atoms with Gasteiger partial charge in [-0.15, -0.1) is 0 Å². The summed E-state index contributed by atoms with van der Waals surface area (Å²) < 4.78 is 48.8. The number of alkyl halides is 3. The Hall–Kier alpha value is -1.63. The van der Waals surface area contributed by atoms with E-state index >= 15 is 0 Å². The summed E-state index contributed by atoms with van der Waals surface area (Å²) in [6.45, 7) is -1.19. The number of rotatable bonds is 3. The molecule has 0 aliphatic rings. The van der Waals surface area contributed by atoms with Crippen LogP contribution in [0.3, 0.4) is 0 Å². The van der Waals surface area contributed by atoms with E-state index in [0.717, 1.165) is 0 Å². The van der Waals surface area contributed by atoms with Crippen molar-refractivity contribution in [1.29, 1.82) is 0 Å². The van der Waals surface area contributed by atoms with E-state index in [1.807, 2.05) is 0 Å². The average Bonchev–Trinajstić information content (AvgIpc) is 2.60. The third kappa shape index (κ3) is 2.94. The first kappa shape index (κ1) is 11.8. The van der Waals surface area contributed by atoms with E-state index in [2.05, 4.69) is 15.3 Å². The maximum absolute atomic E-state index is 13.2. The summed E-state index contributed by atoms with van der Waals surface area (Å²) in [5, 5.41) is 2.18. The van der Waals surface area contributed by atoms with Gasteiger partial charge in [-0.3, -0.25) is 0 Å². The van der Waals surface area contributed by atoms with Crippen molar-refractivity contribution in [3.63, 3.8) is 0 Å². The molecular weight excluding hydrogens is 238 g/mol. The molecule has 0 atom stereocenters. The summed E-state index contributed by atoms with van der Waals surface area (Å²) >= 11 is 0. The lowest BCUT2D eigenvalue weighted by molar-refractivity contribution is -0.125. The maximum Gasteiger partial charge on any atom is 0.401 e. The van der Waals surface area contributed by atoms with Crippen molar-refractivity contribution >= 4 is 11.0 Å². The normalized spacial score (nSPS) is 12.2. The summed E-state index contributed by atoms with van der Waals surface area (Å²) in [4.78, 5) is 6.61. The number of nitrogens with zero attached hydrogens (tertiary/aromatic N) is 1. The molecule has 1 aromatic heterocycles. The number of fused-ring (bicyclic) bond motifs is 1. The minimum absolute atomic E-state index is 0.0897. The molecule has 7 heteroatoms. The highest BCUT2D eigenvalue weighted by molar-refractivity contribution is 5.75. The summed E-state index contributed by atoms with van der Waals surface area (Å²) in [6, 6.07) is 4.36. The Kier molecular flexibility index (Phi) is 3.01. The van der Waals surface area contributed by atoms with Crippen molar-refractivity contribution in [3.8, 4) is 0 Å². The summed E-state index contributed by atoms with van der Waals surface area (Å²) in [6.07, 6.45) is -4.27. The third-order valence-corrected chi connectivity index (χ3v) is 2.13. The fourth-order valence-corrected chi connectivity index (χ4v) is 1.45. The van der Waals surface area contributed by atoms with Crippen LogP contribution >= 0.6 is 0 Å². The number of benzene rings is 1. The van der Waals surface area contributed by atoms with Gasteiger partial charge in [0.05, 0.1) is 18.6 Å². The minimum atomic E-state index is -4.27. The summed E-state index contributed by atoms with van der Waals surface area (Å²) in [7, 11) is 0. The largest absolute Gasteiger partial charge is 0.401 e. The van der Waals surface area contributed by atoms with Crippen molar-refractivity contribution in [2.45, 2.75) is 12.7 Å². The van der Waals surface area contributed by atoms with Gasteiger partial charge in [-0.1, -0.05) is 6.07 Å². The molecule has 2 rings (SSSR count). The zero-order chi connectivity index (χ0) is 12.5. The molecular formula is C10H9F4N3. The van der Waals surface area contributed by atoms with Gasteiger partial charge in [0.25, 0.3) is 0 Å². The molecule has 0 aliphatic heterocycles. The summed E-state index contributed by atoms with van der Waals surface area (Å²) in [5.74, 6) is -0.227. The molecule has 0 aliphatic carbocycles. The van der Waals surface area contributed by atoms with Gasteiger partial charge >= 0.3 is 6.18 Å². The predicted molar refractivity (Wildman–Crippen MR) is 53.8 cm³/mol. The number of nitrogens with one attached hydrogen (secondary N) is 2. The zero-order valence-electron chi connectivity index (χ0n) is 8.61. The highest BCUT2D eigenvalue weighted by atomic mass is 19.4. The lowest BCUT2D eigenvalue weighted by Gasteiger charge is -2.05. The molecule has 0 saturated heterocycles. The van der Waals surface area contributed by atoms with Crippen LogP contribution in [0.25, 0.3) is 11.0 Å². The molecule has 1 aromatic carbocycles. The molecule has 1 heterocycles. The number of aromatic amines is 1. The lowest BCUT2D eigenvalue weighted by atomic mass is 10.3. The van der Waals surface area contributed by atoms with Crippen molar-refractivity contribution in [3.05, 3.63) is 29.8 Å². The fourth-order valence-electron chi connectivity index (χ4n) is 1.45. The van der Waals surface area contributed by atoms with Crippen LogP contribution in [-0.4, -0.2) is 22.7 Å². The van der Waals surface area contributed by atoms with Crippen LogP contribution in [0.4, 0.5) is 17.6 Å². The SMILES string of the molecule is Fc1cccc2[nH]c(CNCC(F)(F)F)nc12. The second-order valence-electron chi connectivity index (χ2n) is 3.54. The maximum atomic E-state index is 13.2. The number of halogens is 4. The number of hydrogen-bond acceptors (Lipinski definition) is 2. The molecule has 0 spiro atoms. The Morgan fingerprint density at radius 2 is 2.06 bits per heavy atom. The molecule has 17 heavy (non-hydrogen) atoms. The van der Waals surface area contributed by atoms with E-state index in [4.69, 9.17) is 0 Å². The second-order valence-corrected chi connectivity index (χ2v) is 3.54. The molecule has 3 nitrogen and oxygen atoms in total. The van der Waals surface area contributed by atoms with E-state index < -0.39 is 18.5 Å². The minimum Gasteiger partial charge on any atom is -0.341 e. The number of H-pyrrole nitrogens is 1. The van der Waals surface area contributed by atoms with Crippen molar-refractivity contribution in [1.82, 2.24) is 15.3 Å². The smallest absolute Gasteiger partial charge is 0.341 e. The first-order chi connectivity index (χ1) is 7.96. The molecule has 2 N–H and O–H groups in total. The van der Waals surface area contributed by atoms with Crippen molar-refractivity contribution in [2.75, 3.05) is 6.54 Å². The van der Waals surface area contributed by atoms with Crippen molar-refractivity contribution in [2.24, 2.45) is 0 Å². The van der Waals surface area contributed by atoms with E-state index in [-0.39, 0.29) is 17.9 Å². The first-order valence-corrected chi connectivity index (χ1v) is 4.86. The number of para-hydroxylation sites is 1. The Morgan fingerprint density at radius 3 is 2.71 bits per heavy atom. The molecule has 0 saturated carbocycles. The van der Waals surface area contributed by atoms with Gasteiger partial charge in [-0.25, -0.2) is 9.37 Å². The van der Waals surface area contributed by atoms with Gasteiger partial charge in [0.1, 0.15) is 11.3 Å². The second kappa shape index (κ2) is 4.33. The van der Waals surface area contributed by atoms with E-state index in [1.165, 1.54) is 12.1 Å². The van der Waals surface area contributed by atoms with Crippen LogP contribution in [0.15, 0.2) is 18.2 Å². The Labute approximate surface area is 93.8 Å². The Bertz CT molecular complexity index is 518. The van der Waals surface area contributed by atoms with Gasteiger partial charge in [-0.2, -0.15) is 13.2 Å². The van der Waals surface area contributed by atoms with E-state index in [1.54, 1.807) is 6.07 Å². The molecule has 92 valence electrons. The van der Waals surface area contributed by atoms with E-state index in [0.29, 0.717) is 5.52 Å². The Morgan fingerprint density at radius 1 is 1.29 bits per heavy atom. The van der Waals surface area contributed by atoms with Gasteiger partial charge in [0.15, 0.2) is 5.82 Å². The first-order valence-electron chi connectivity index (χ1n) is 4.86. The van der Waals surface area contributed by atoms with Crippen molar-refractivity contribution < 1.29 is 17.6 Å². The average molecular weight is 247 g/mol. The van der Waals surface area contributed by atoms with Crippen LogP contribution in [0.1, 0.15) is 5.82 Å². The summed E-state index contributed by atoms with van der Waals surface area (Å²) in [5.41, 5.74) is 0.602. The van der Waals surface area contributed by atoms with Crippen LogP contribution in [0.2, 0.25) is 0 Å². The topological polar surface area (TPSA) is 40.7 Å². The van der Waals surface area contributed by atoms with Crippen LogP contribution < -0.4 is 5.32 Å². The quantitative estimate of drug-likeness (QED) is 0.817. The highest BCUT2D eigenvalue weighted by Gasteiger charge is 2.26. The molecule has 0 amide bonds. The number of hydrogen-bond donors (Lipinski definition) is 2. The van der Waals surface area contributed by atoms with Crippen LogP contribution in [0.5, 0.6) is 0 Å². The predicted octanol–water partition coefficient (Wildman–Crippen LogP) is 2.35. The molecule has 0 fully saturated rings. The van der Waals surface area contributed by atoms with Crippen LogP contribution in [0, 0.1) is 5.82 Å². The molecule has 0 unspecified atom stereocenters. The van der Waals surface area contributed by atoms with E-state index in [9.17, 15) is 17.6 Å². The third-order valence-electron chi connectivity index (χ3n) is 2.13. The zero-order valence-corrected chi connectivity index (χ0v) is 8.61. The molecule has 2 aromatic rings. The molecule has 0 radical (unpaired) electrons. The fraction of sp³-hybridized carbons (Fsp3) is 0.300. The van der Waals surface area contributed by atoms with Gasteiger partial charge in [-0.05, 0) is 12.1 Å². The molecule has 0 bridgehead atoms. The highest BCUT2D eigenvalue weighted by Crippen LogP contribution is 2.15. The number of aromatic nitrogens is 2. The van der Waals surface area contributed by atoms with Gasteiger partial charge < -0.3 is 10.3 Å². The lowest BCUT2D eigenvalue weighted by Crippen LogP contribution is -2.28. The Balaban J connectivity index is 2.07. The number of imidazole rings is 1. The standard InChI is InChI=1S/C10H9F4N3/c11-6-2-1-3-7-9(6)17-8(16-7)4-15-5-10(12,13)14/h1-3,15H,4-5H2,(H,16,17). The van der Waals surface area contributed by atoms with Crippen LogP contribution in [-0.2, 0) is 6.54 Å².